The van der Waals surface area contributed by atoms with E-state index in [9.17, 15) is 19.2 Å². The van der Waals surface area contributed by atoms with E-state index in [-0.39, 0.29) is 28.9 Å². The molecule has 0 spiro atoms. The number of nitrogens with zero attached hydrogens (tertiary/aromatic N) is 3. The van der Waals surface area contributed by atoms with Gasteiger partial charge in [-0.1, -0.05) is 41.9 Å². The molecule has 0 aromatic heterocycles. The van der Waals surface area contributed by atoms with Crippen molar-refractivity contribution in [3.05, 3.63) is 64.9 Å². The lowest BCUT2D eigenvalue weighted by Crippen LogP contribution is -2.49. The molecule has 2 aromatic carbocycles. The molecule has 2 heterocycles. The van der Waals surface area contributed by atoms with Gasteiger partial charge in [0.2, 0.25) is 5.91 Å². The Morgan fingerprint density at radius 1 is 1.10 bits per heavy atom. The number of hydrogen-bond acceptors (Lipinski definition) is 4. The highest BCUT2D eigenvalue weighted by Gasteiger charge is 2.46. The third-order valence-corrected chi connectivity index (χ3v) is 6.21. The Kier molecular flexibility index (Phi) is 5.12. The summed E-state index contributed by atoms with van der Waals surface area (Å²) in [5.74, 6) is -1.26. The molecule has 2 aliphatic heterocycles. The summed E-state index contributed by atoms with van der Waals surface area (Å²) < 4.78 is 13.4. The van der Waals surface area contributed by atoms with Gasteiger partial charge in [-0.2, -0.15) is 5.26 Å². The van der Waals surface area contributed by atoms with Crippen LogP contribution in [0.3, 0.4) is 0 Å². The predicted octanol–water partition coefficient (Wildman–Crippen LogP) is 3.67. The number of imide groups is 1. The van der Waals surface area contributed by atoms with Crippen LogP contribution in [0.4, 0.5) is 10.1 Å². The summed E-state index contributed by atoms with van der Waals surface area (Å²) in [4.78, 5) is 28.6. The minimum absolute atomic E-state index is 0.0682. The Balaban J connectivity index is 1.51. The van der Waals surface area contributed by atoms with Crippen molar-refractivity contribution < 1.29 is 14.0 Å². The molecule has 0 aliphatic carbocycles. The Labute approximate surface area is 173 Å². The fourth-order valence-electron chi connectivity index (χ4n) is 4.24. The zero-order valence-electron chi connectivity index (χ0n) is 15.6. The number of anilines is 1. The highest BCUT2D eigenvalue weighted by molar-refractivity contribution is 6.31. The molecule has 0 N–H and O–H groups in total. The van der Waals surface area contributed by atoms with Gasteiger partial charge in [0.05, 0.1) is 34.7 Å². The van der Waals surface area contributed by atoms with E-state index in [4.69, 9.17) is 11.6 Å². The molecule has 0 unspecified atom stereocenters. The van der Waals surface area contributed by atoms with E-state index in [1.807, 2.05) is 35.2 Å². The monoisotopic (exact) mass is 411 g/mol. The van der Waals surface area contributed by atoms with Gasteiger partial charge in [0, 0.05) is 13.1 Å². The molecule has 0 saturated carbocycles. The lowest BCUT2D eigenvalue weighted by atomic mass is 9.74. The van der Waals surface area contributed by atoms with Crippen molar-refractivity contribution in [3.8, 4) is 6.07 Å². The number of amides is 2. The van der Waals surface area contributed by atoms with Crippen LogP contribution in [0.1, 0.15) is 24.8 Å². The fraction of sp³-hybridized carbons (Fsp3) is 0.318. The van der Waals surface area contributed by atoms with E-state index in [0.29, 0.717) is 25.9 Å². The first-order valence-corrected chi connectivity index (χ1v) is 9.86. The SMILES string of the molecule is N#CC1(c2ccccc2)CCN([C@H]2CC(=O)N(c3ccc(F)c(Cl)c3)C2=O)CC1. The van der Waals surface area contributed by atoms with Gasteiger partial charge in [0.15, 0.2) is 0 Å². The number of halogens is 2. The zero-order valence-corrected chi connectivity index (χ0v) is 16.4. The van der Waals surface area contributed by atoms with Gasteiger partial charge < -0.3 is 0 Å². The fourth-order valence-corrected chi connectivity index (χ4v) is 4.41. The van der Waals surface area contributed by atoms with Crippen molar-refractivity contribution in [3.63, 3.8) is 0 Å². The van der Waals surface area contributed by atoms with Gasteiger partial charge >= 0.3 is 0 Å². The van der Waals surface area contributed by atoms with Crippen LogP contribution >= 0.6 is 11.6 Å². The number of carbonyl (C=O) groups excluding carboxylic acids is 2. The molecule has 0 bridgehead atoms. The number of hydrogen-bond donors (Lipinski definition) is 0. The van der Waals surface area contributed by atoms with Crippen LogP contribution < -0.4 is 4.90 Å². The van der Waals surface area contributed by atoms with Crippen molar-refractivity contribution in [2.24, 2.45) is 0 Å². The molecule has 2 aliphatic rings. The quantitative estimate of drug-likeness (QED) is 0.723. The summed E-state index contributed by atoms with van der Waals surface area (Å²) in [7, 11) is 0. The van der Waals surface area contributed by atoms with Crippen molar-refractivity contribution in [2.75, 3.05) is 18.0 Å². The normalized spacial score (nSPS) is 22.0. The molecule has 2 aromatic rings. The summed E-state index contributed by atoms with van der Waals surface area (Å²) in [6.07, 6.45) is 1.25. The first kappa shape index (κ1) is 19.6. The smallest absolute Gasteiger partial charge is 0.251 e. The molecule has 5 nitrogen and oxygen atoms in total. The highest BCUT2D eigenvalue weighted by Crippen LogP contribution is 2.37. The largest absolute Gasteiger partial charge is 0.291 e. The van der Waals surface area contributed by atoms with Gasteiger partial charge in [0.1, 0.15) is 5.82 Å². The number of nitriles is 1. The third kappa shape index (κ3) is 3.41. The number of piperidine rings is 1. The predicted molar refractivity (Wildman–Crippen MR) is 107 cm³/mol. The Morgan fingerprint density at radius 2 is 1.79 bits per heavy atom. The van der Waals surface area contributed by atoms with Crippen LogP contribution in [0.2, 0.25) is 5.02 Å². The minimum atomic E-state index is -0.601. The molecule has 7 heteroatoms. The van der Waals surface area contributed by atoms with Crippen LogP contribution in [-0.2, 0) is 15.0 Å². The average Bonchev–Trinajstić information content (AvgIpc) is 3.05. The Bertz CT molecular complexity index is 997. The molecule has 1 atom stereocenters. The maximum absolute atomic E-state index is 13.4. The van der Waals surface area contributed by atoms with Gasteiger partial charge in [-0.05, 0) is 36.6 Å². The summed E-state index contributed by atoms with van der Waals surface area (Å²) in [5.41, 5.74) is 0.688. The standard InChI is InChI=1S/C22H19ClFN3O2/c23-17-12-16(6-7-18(17)24)27-20(28)13-19(21(27)29)26-10-8-22(14-25,9-11-26)15-4-2-1-3-5-15/h1-7,12,19H,8-11,13H2/t19-/m0/s1. The van der Waals surface area contributed by atoms with E-state index in [1.165, 1.54) is 12.1 Å². The van der Waals surface area contributed by atoms with Gasteiger partial charge in [0.25, 0.3) is 5.91 Å². The van der Waals surface area contributed by atoms with Crippen molar-refractivity contribution in [2.45, 2.75) is 30.7 Å². The second-order valence-electron chi connectivity index (χ2n) is 7.48. The minimum Gasteiger partial charge on any atom is -0.291 e. The molecule has 148 valence electrons. The van der Waals surface area contributed by atoms with Crippen LogP contribution in [-0.4, -0.2) is 35.8 Å². The lowest BCUT2D eigenvalue weighted by Gasteiger charge is -2.39. The van der Waals surface area contributed by atoms with E-state index in [1.54, 1.807) is 0 Å². The second-order valence-corrected chi connectivity index (χ2v) is 7.89. The van der Waals surface area contributed by atoms with Crippen LogP contribution in [0, 0.1) is 17.1 Å². The Morgan fingerprint density at radius 3 is 2.41 bits per heavy atom. The number of likely N-dealkylation sites (tertiary alicyclic amines) is 1. The van der Waals surface area contributed by atoms with Crippen LogP contribution in [0.25, 0.3) is 0 Å². The Hall–Kier alpha value is -2.75. The molecular formula is C22H19ClFN3O2. The van der Waals surface area contributed by atoms with Crippen LogP contribution in [0.5, 0.6) is 0 Å². The number of benzene rings is 2. The molecule has 2 amide bonds. The van der Waals surface area contributed by atoms with Crippen LogP contribution in [0.15, 0.2) is 48.5 Å². The van der Waals surface area contributed by atoms with Crippen molar-refractivity contribution >= 4 is 29.1 Å². The van der Waals surface area contributed by atoms with E-state index in [0.717, 1.165) is 16.5 Å². The van der Waals surface area contributed by atoms with Gasteiger partial charge in [-0.3, -0.25) is 14.5 Å². The van der Waals surface area contributed by atoms with Gasteiger partial charge in [-0.25, -0.2) is 9.29 Å². The summed E-state index contributed by atoms with van der Waals surface area (Å²) >= 11 is 5.81. The molecule has 2 fully saturated rings. The zero-order chi connectivity index (χ0) is 20.6. The summed E-state index contributed by atoms with van der Waals surface area (Å²) in [6, 6.07) is 15.4. The summed E-state index contributed by atoms with van der Waals surface area (Å²) in [6.45, 7) is 1.09. The highest BCUT2D eigenvalue weighted by atomic mass is 35.5. The maximum Gasteiger partial charge on any atom is 0.251 e. The van der Waals surface area contributed by atoms with E-state index < -0.39 is 17.3 Å². The van der Waals surface area contributed by atoms with Crippen molar-refractivity contribution in [1.29, 1.82) is 5.26 Å². The lowest BCUT2D eigenvalue weighted by molar-refractivity contribution is -0.123. The molecule has 2 saturated heterocycles. The first-order chi connectivity index (χ1) is 13.9. The molecule has 0 radical (unpaired) electrons. The van der Waals surface area contributed by atoms with E-state index >= 15 is 0 Å². The molecule has 4 rings (SSSR count). The van der Waals surface area contributed by atoms with Gasteiger partial charge in [-0.15, -0.1) is 0 Å². The maximum atomic E-state index is 13.4. The molecular weight excluding hydrogens is 393 g/mol. The number of rotatable bonds is 3. The number of carbonyl (C=O) groups is 2. The van der Waals surface area contributed by atoms with Crippen molar-refractivity contribution in [1.82, 2.24) is 4.90 Å². The first-order valence-electron chi connectivity index (χ1n) is 9.48. The summed E-state index contributed by atoms with van der Waals surface area (Å²) in [5, 5.41) is 9.71. The second kappa shape index (κ2) is 7.58. The average molecular weight is 412 g/mol. The topological polar surface area (TPSA) is 64.4 Å². The van der Waals surface area contributed by atoms with E-state index in [2.05, 4.69) is 6.07 Å². The third-order valence-electron chi connectivity index (χ3n) is 5.92. The molecule has 29 heavy (non-hydrogen) atoms.